The number of aryl methyl sites for hydroxylation is 2. The number of aromatic nitrogens is 5. The molecule has 1 aliphatic heterocycles. The molecule has 4 heterocycles. The zero-order valence-corrected chi connectivity index (χ0v) is 23.7. The highest BCUT2D eigenvalue weighted by Gasteiger charge is 2.32. The SMILES string of the molecule is Cc1cc(-c2ccc3nc(-c4cnn(CC(C)(C)O)c4)nc(C4OCCNC4c4ccccc4)c3c2)cn(C)c1=O. The van der Waals surface area contributed by atoms with Crippen LogP contribution in [0.15, 0.2) is 78.0 Å². The smallest absolute Gasteiger partial charge is 0.253 e. The Balaban J connectivity index is 1.53. The minimum absolute atomic E-state index is 0.0132. The van der Waals surface area contributed by atoms with Crippen molar-refractivity contribution in [3.05, 3.63) is 100 Å². The van der Waals surface area contributed by atoms with Gasteiger partial charge >= 0.3 is 0 Å². The molecule has 41 heavy (non-hydrogen) atoms. The number of hydrogen-bond acceptors (Lipinski definition) is 7. The van der Waals surface area contributed by atoms with Crippen molar-refractivity contribution in [3.8, 4) is 22.5 Å². The summed E-state index contributed by atoms with van der Waals surface area (Å²) in [6.07, 6.45) is 5.08. The minimum Gasteiger partial charge on any atom is -0.389 e. The number of rotatable bonds is 6. The first-order chi connectivity index (χ1) is 19.7. The van der Waals surface area contributed by atoms with Gasteiger partial charge < -0.3 is 19.7 Å². The number of ether oxygens (including phenoxy) is 1. The molecule has 9 nitrogen and oxygen atoms in total. The molecule has 0 bridgehead atoms. The molecule has 0 amide bonds. The maximum absolute atomic E-state index is 12.3. The van der Waals surface area contributed by atoms with Gasteiger partial charge in [0.1, 0.15) is 6.10 Å². The highest BCUT2D eigenvalue weighted by molar-refractivity contribution is 5.88. The molecule has 2 unspecified atom stereocenters. The van der Waals surface area contributed by atoms with Crippen LogP contribution in [0.3, 0.4) is 0 Å². The van der Waals surface area contributed by atoms with Crippen LogP contribution in [-0.2, 0) is 18.3 Å². The standard InChI is InChI=1S/C32H34N6O3/c1-20-14-23(17-37(4)31(20)39)22-10-11-26-25(15-22)28(29-27(33-12-13-41-29)21-8-6-5-7-9-21)36-30(35-26)24-16-34-38(18-24)19-32(2,3)40/h5-11,14-18,27,29,33,40H,12-13,19H2,1-4H3. The molecule has 1 saturated heterocycles. The van der Waals surface area contributed by atoms with E-state index in [-0.39, 0.29) is 17.7 Å². The van der Waals surface area contributed by atoms with E-state index < -0.39 is 5.60 Å². The van der Waals surface area contributed by atoms with Crippen molar-refractivity contribution in [2.45, 2.75) is 45.1 Å². The van der Waals surface area contributed by atoms with E-state index in [2.05, 4.69) is 28.6 Å². The largest absolute Gasteiger partial charge is 0.389 e. The summed E-state index contributed by atoms with van der Waals surface area (Å²) in [6, 6.07) is 18.2. The van der Waals surface area contributed by atoms with Gasteiger partial charge in [0, 0.05) is 36.9 Å². The van der Waals surface area contributed by atoms with Gasteiger partial charge in [-0.25, -0.2) is 9.97 Å². The average Bonchev–Trinajstić information content (AvgIpc) is 3.42. The van der Waals surface area contributed by atoms with E-state index in [1.54, 1.807) is 36.3 Å². The fourth-order valence-corrected chi connectivity index (χ4v) is 5.47. The van der Waals surface area contributed by atoms with Crippen LogP contribution in [0.25, 0.3) is 33.4 Å². The predicted molar refractivity (Wildman–Crippen MR) is 158 cm³/mol. The predicted octanol–water partition coefficient (Wildman–Crippen LogP) is 4.34. The molecule has 0 aliphatic carbocycles. The summed E-state index contributed by atoms with van der Waals surface area (Å²) in [5, 5.41) is 19.2. The van der Waals surface area contributed by atoms with Crippen molar-refractivity contribution in [2.75, 3.05) is 13.2 Å². The first kappa shape index (κ1) is 27.0. The summed E-state index contributed by atoms with van der Waals surface area (Å²) >= 11 is 0. The second kappa shape index (κ2) is 10.7. The molecule has 210 valence electrons. The summed E-state index contributed by atoms with van der Waals surface area (Å²) < 4.78 is 9.77. The van der Waals surface area contributed by atoms with Crippen molar-refractivity contribution in [2.24, 2.45) is 7.05 Å². The lowest BCUT2D eigenvalue weighted by molar-refractivity contribution is -0.00792. The number of aliphatic hydroxyl groups is 1. The zero-order valence-electron chi connectivity index (χ0n) is 23.7. The van der Waals surface area contributed by atoms with Gasteiger partial charge in [-0.15, -0.1) is 0 Å². The summed E-state index contributed by atoms with van der Waals surface area (Å²) in [5.74, 6) is 0.543. The lowest BCUT2D eigenvalue weighted by Crippen LogP contribution is -2.37. The highest BCUT2D eigenvalue weighted by Crippen LogP contribution is 2.38. The number of pyridine rings is 1. The van der Waals surface area contributed by atoms with Crippen LogP contribution in [0.2, 0.25) is 0 Å². The quantitative estimate of drug-likeness (QED) is 0.324. The van der Waals surface area contributed by atoms with E-state index in [1.165, 1.54) is 0 Å². The zero-order chi connectivity index (χ0) is 28.7. The van der Waals surface area contributed by atoms with Crippen molar-refractivity contribution >= 4 is 10.9 Å². The Labute approximate surface area is 238 Å². The fraction of sp³-hybridized carbons (Fsp3) is 0.312. The minimum atomic E-state index is -0.904. The van der Waals surface area contributed by atoms with Gasteiger partial charge in [-0.2, -0.15) is 5.10 Å². The number of benzene rings is 2. The number of hydrogen-bond donors (Lipinski definition) is 2. The molecule has 5 aromatic rings. The van der Waals surface area contributed by atoms with Crippen LogP contribution in [0, 0.1) is 6.92 Å². The summed E-state index contributed by atoms with van der Waals surface area (Å²) in [6.45, 7) is 6.97. The summed E-state index contributed by atoms with van der Waals surface area (Å²) in [7, 11) is 1.77. The molecule has 1 fully saturated rings. The van der Waals surface area contributed by atoms with Gasteiger partial charge in [0.2, 0.25) is 0 Å². The molecular weight excluding hydrogens is 516 g/mol. The van der Waals surface area contributed by atoms with Crippen molar-refractivity contribution in [3.63, 3.8) is 0 Å². The molecule has 6 rings (SSSR count). The molecule has 2 atom stereocenters. The van der Waals surface area contributed by atoms with E-state index in [9.17, 15) is 9.90 Å². The maximum atomic E-state index is 12.3. The van der Waals surface area contributed by atoms with Crippen LogP contribution in [0.4, 0.5) is 0 Å². The Morgan fingerprint density at radius 3 is 2.61 bits per heavy atom. The molecular formula is C32H34N6O3. The number of fused-ring (bicyclic) bond motifs is 1. The van der Waals surface area contributed by atoms with Crippen molar-refractivity contribution in [1.82, 2.24) is 29.6 Å². The number of nitrogens with zero attached hydrogens (tertiary/aromatic N) is 5. The van der Waals surface area contributed by atoms with E-state index in [4.69, 9.17) is 14.7 Å². The molecule has 0 spiro atoms. The fourth-order valence-electron chi connectivity index (χ4n) is 5.47. The molecule has 2 aromatic carbocycles. The third kappa shape index (κ3) is 5.56. The highest BCUT2D eigenvalue weighted by atomic mass is 16.5. The first-order valence-corrected chi connectivity index (χ1v) is 13.8. The van der Waals surface area contributed by atoms with Gasteiger partial charge in [-0.1, -0.05) is 36.4 Å². The average molecular weight is 551 g/mol. The molecule has 0 saturated carbocycles. The van der Waals surface area contributed by atoms with Gasteiger partial charge in [-0.3, -0.25) is 9.48 Å². The van der Waals surface area contributed by atoms with Crippen LogP contribution in [0.5, 0.6) is 0 Å². The third-order valence-electron chi connectivity index (χ3n) is 7.36. The monoisotopic (exact) mass is 550 g/mol. The summed E-state index contributed by atoms with van der Waals surface area (Å²) in [4.78, 5) is 22.4. The van der Waals surface area contributed by atoms with Crippen molar-refractivity contribution < 1.29 is 9.84 Å². The number of nitrogens with one attached hydrogen (secondary N) is 1. The normalized spacial score (nSPS) is 17.7. The van der Waals surface area contributed by atoms with E-state index in [0.29, 0.717) is 24.5 Å². The van der Waals surface area contributed by atoms with Gasteiger partial charge in [0.25, 0.3) is 5.56 Å². The lowest BCUT2D eigenvalue weighted by Gasteiger charge is -2.33. The molecule has 9 heteroatoms. The Morgan fingerprint density at radius 1 is 1.05 bits per heavy atom. The molecule has 0 radical (unpaired) electrons. The van der Waals surface area contributed by atoms with E-state index in [1.807, 2.05) is 55.7 Å². The third-order valence-corrected chi connectivity index (χ3v) is 7.36. The van der Waals surface area contributed by atoms with Crippen molar-refractivity contribution in [1.29, 1.82) is 0 Å². The second-order valence-electron chi connectivity index (χ2n) is 11.4. The Morgan fingerprint density at radius 2 is 1.85 bits per heavy atom. The van der Waals surface area contributed by atoms with Crippen LogP contribution >= 0.6 is 0 Å². The van der Waals surface area contributed by atoms with E-state index >= 15 is 0 Å². The Bertz CT molecular complexity index is 1740. The Hall–Kier alpha value is -4.18. The Kier molecular flexibility index (Phi) is 7.03. The molecule has 1 aliphatic rings. The van der Waals surface area contributed by atoms with Gasteiger partial charge in [0.15, 0.2) is 5.82 Å². The van der Waals surface area contributed by atoms with E-state index in [0.717, 1.165) is 45.4 Å². The van der Waals surface area contributed by atoms with Crippen LogP contribution < -0.4 is 10.9 Å². The number of morpholine rings is 1. The topological polar surface area (TPSA) is 107 Å². The summed E-state index contributed by atoms with van der Waals surface area (Å²) in [5.41, 5.74) is 5.12. The van der Waals surface area contributed by atoms with Crippen LogP contribution in [0.1, 0.15) is 42.8 Å². The molecule has 2 N–H and O–H groups in total. The first-order valence-electron chi connectivity index (χ1n) is 13.8. The van der Waals surface area contributed by atoms with Gasteiger partial charge in [0.05, 0.1) is 47.8 Å². The van der Waals surface area contributed by atoms with Gasteiger partial charge in [-0.05, 0) is 55.7 Å². The van der Waals surface area contributed by atoms with Crippen LogP contribution in [-0.4, -0.2) is 48.2 Å². The lowest BCUT2D eigenvalue weighted by atomic mass is 9.94. The maximum Gasteiger partial charge on any atom is 0.253 e. The molecule has 3 aromatic heterocycles. The second-order valence-corrected chi connectivity index (χ2v) is 11.4.